The van der Waals surface area contributed by atoms with E-state index in [2.05, 4.69) is 20.5 Å². The second-order valence-electron chi connectivity index (χ2n) is 7.22. The summed E-state index contributed by atoms with van der Waals surface area (Å²) in [5.74, 6) is 0.883. The molecule has 1 aromatic carbocycles. The monoisotopic (exact) mass is 412 g/mol. The molecular formula is C22H28N4O2S. The Morgan fingerprint density at radius 1 is 1.14 bits per heavy atom. The lowest BCUT2D eigenvalue weighted by Gasteiger charge is -2.29. The summed E-state index contributed by atoms with van der Waals surface area (Å²) < 4.78 is 0. The van der Waals surface area contributed by atoms with Gasteiger partial charge in [0, 0.05) is 48.9 Å². The second kappa shape index (κ2) is 10.3. The molecule has 1 unspecified atom stereocenters. The summed E-state index contributed by atoms with van der Waals surface area (Å²) in [7, 11) is 0. The van der Waals surface area contributed by atoms with Crippen molar-refractivity contribution < 1.29 is 9.59 Å². The van der Waals surface area contributed by atoms with Gasteiger partial charge >= 0.3 is 0 Å². The Morgan fingerprint density at radius 2 is 1.86 bits per heavy atom. The van der Waals surface area contributed by atoms with Crippen LogP contribution >= 0.6 is 11.8 Å². The van der Waals surface area contributed by atoms with Gasteiger partial charge in [-0.1, -0.05) is 6.07 Å². The molecule has 29 heavy (non-hydrogen) atoms. The third-order valence-electron chi connectivity index (χ3n) is 4.83. The molecule has 1 aliphatic rings. The van der Waals surface area contributed by atoms with Crippen molar-refractivity contribution >= 4 is 35.1 Å². The molecule has 1 aliphatic heterocycles. The summed E-state index contributed by atoms with van der Waals surface area (Å²) in [5.41, 5.74) is 1.81. The van der Waals surface area contributed by atoms with Gasteiger partial charge in [-0.25, -0.2) is 4.98 Å². The van der Waals surface area contributed by atoms with E-state index in [-0.39, 0.29) is 17.1 Å². The summed E-state index contributed by atoms with van der Waals surface area (Å²) in [5, 5.41) is 5.57. The predicted octanol–water partition coefficient (Wildman–Crippen LogP) is 3.83. The van der Waals surface area contributed by atoms with Crippen LogP contribution in [0.1, 0.15) is 38.7 Å². The third kappa shape index (κ3) is 6.22. The largest absolute Gasteiger partial charge is 0.356 e. The summed E-state index contributed by atoms with van der Waals surface area (Å²) >= 11 is 1.50. The molecule has 0 saturated carbocycles. The molecule has 0 aliphatic carbocycles. The number of amides is 2. The van der Waals surface area contributed by atoms with Crippen molar-refractivity contribution in [1.82, 2.24) is 10.3 Å². The van der Waals surface area contributed by atoms with E-state index >= 15 is 0 Å². The van der Waals surface area contributed by atoms with Crippen molar-refractivity contribution in [3.8, 4) is 0 Å². The molecule has 1 fully saturated rings. The van der Waals surface area contributed by atoms with Crippen LogP contribution in [0.3, 0.4) is 0 Å². The van der Waals surface area contributed by atoms with Gasteiger partial charge < -0.3 is 15.5 Å². The van der Waals surface area contributed by atoms with Crippen LogP contribution in [0.5, 0.6) is 0 Å². The number of carbonyl (C=O) groups is 2. The van der Waals surface area contributed by atoms with Crippen molar-refractivity contribution in [3.05, 3.63) is 48.2 Å². The minimum absolute atomic E-state index is 0.00520. The molecular weight excluding hydrogens is 384 g/mol. The number of anilines is 2. The molecule has 1 atom stereocenters. The Hall–Kier alpha value is -2.54. The standard InChI is InChI=1S/C22H28N4O2S/c1-16(29-20-10-8-19(9-11-20)25-17(2)27)22(28)24-15-18-7-6-12-23-21(18)26-13-4-3-5-14-26/h6-12,16H,3-5,13-15H2,1-2H3,(H,24,28)(H,25,27). The molecule has 1 aromatic heterocycles. The minimum Gasteiger partial charge on any atom is -0.356 e. The van der Waals surface area contributed by atoms with Gasteiger partial charge in [-0.3, -0.25) is 9.59 Å². The van der Waals surface area contributed by atoms with E-state index in [1.165, 1.54) is 37.9 Å². The number of hydrogen-bond acceptors (Lipinski definition) is 5. The number of benzene rings is 1. The number of carbonyl (C=O) groups excluding carboxylic acids is 2. The first kappa shape index (κ1) is 21.2. The van der Waals surface area contributed by atoms with Gasteiger partial charge in [-0.15, -0.1) is 11.8 Å². The lowest BCUT2D eigenvalue weighted by Crippen LogP contribution is -2.34. The van der Waals surface area contributed by atoms with Gasteiger partial charge in [0.1, 0.15) is 5.82 Å². The minimum atomic E-state index is -0.225. The van der Waals surface area contributed by atoms with E-state index in [0.29, 0.717) is 6.54 Å². The highest BCUT2D eigenvalue weighted by molar-refractivity contribution is 8.00. The maximum absolute atomic E-state index is 12.6. The Balaban J connectivity index is 1.54. The first-order valence-electron chi connectivity index (χ1n) is 10.0. The number of aromatic nitrogens is 1. The first-order valence-corrected chi connectivity index (χ1v) is 10.9. The van der Waals surface area contributed by atoms with Crippen LogP contribution in [0.2, 0.25) is 0 Å². The number of hydrogen-bond donors (Lipinski definition) is 2. The molecule has 3 rings (SSSR count). The van der Waals surface area contributed by atoms with E-state index in [9.17, 15) is 9.59 Å². The smallest absolute Gasteiger partial charge is 0.233 e. The van der Waals surface area contributed by atoms with Crippen LogP contribution < -0.4 is 15.5 Å². The highest BCUT2D eigenvalue weighted by atomic mass is 32.2. The average Bonchev–Trinajstić information content (AvgIpc) is 2.74. The third-order valence-corrected chi connectivity index (χ3v) is 5.94. The topological polar surface area (TPSA) is 74.3 Å². The molecule has 154 valence electrons. The fourth-order valence-corrected chi connectivity index (χ4v) is 4.25. The van der Waals surface area contributed by atoms with Gasteiger partial charge in [-0.05, 0) is 56.5 Å². The number of rotatable bonds is 7. The second-order valence-corrected chi connectivity index (χ2v) is 8.63. The zero-order chi connectivity index (χ0) is 20.6. The van der Waals surface area contributed by atoms with E-state index in [4.69, 9.17) is 0 Å². The lowest BCUT2D eigenvalue weighted by atomic mass is 10.1. The highest BCUT2D eigenvalue weighted by Gasteiger charge is 2.18. The molecule has 7 heteroatoms. The van der Waals surface area contributed by atoms with Crippen molar-refractivity contribution in [3.63, 3.8) is 0 Å². The van der Waals surface area contributed by atoms with Crippen LogP contribution in [0.4, 0.5) is 11.5 Å². The fraction of sp³-hybridized carbons (Fsp3) is 0.409. The predicted molar refractivity (Wildman–Crippen MR) is 118 cm³/mol. The number of thioether (sulfide) groups is 1. The molecule has 0 radical (unpaired) electrons. The zero-order valence-electron chi connectivity index (χ0n) is 17.0. The van der Waals surface area contributed by atoms with Gasteiger partial charge in [0.2, 0.25) is 11.8 Å². The lowest BCUT2D eigenvalue weighted by molar-refractivity contribution is -0.120. The average molecular weight is 413 g/mol. The Bertz CT molecular complexity index is 835. The number of nitrogens with one attached hydrogen (secondary N) is 2. The van der Waals surface area contributed by atoms with Crippen molar-refractivity contribution in [2.45, 2.75) is 49.8 Å². The van der Waals surface area contributed by atoms with Gasteiger partial charge in [-0.2, -0.15) is 0 Å². The van der Waals surface area contributed by atoms with Gasteiger partial charge in [0.25, 0.3) is 0 Å². The maximum atomic E-state index is 12.6. The molecule has 6 nitrogen and oxygen atoms in total. The molecule has 2 heterocycles. The Morgan fingerprint density at radius 3 is 2.55 bits per heavy atom. The highest BCUT2D eigenvalue weighted by Crippen LogP contribution is 2.25. The summed E-state index contributed by atoms with van der Waals surface area (Å²) in [4.78, 5) is 31.6. The van der Waals surface area contributed by atoms with E-state index in [0.717, 1.165) is 35.1 Å². The SMILES string of the molecule is CC(=O)Nc1ccc(SC(C)C(=O)NCc2cccnc2N2CCCCC2)cc1. The van der Waals surface area contributed by atoms with Crippen LogP contribution in [-0.2, 0) is 16.1 Å². The first-order chi connectivity index (χ1) is 14.0. The van der Waals surface area contributed by atoms with E-state index in [1.54, 1.807) is 0 Å². The van der Waals surface area contributed by atoms with E-state index in [1.807, 2.05) is 49.5 Å². The summed E-state index contributed by atoms with van der Waals surface area (Å²) in [6.45, 7) is 5.91. The zero-order valence-corrected chi connectivity index (χ0v) is 17.8. The fourth-order valence-electron chi connectivity index (χ4n) is 3.36. The van der Waals surface area contributed by atoms with Crippen LogP contribution in [-0.4, -0.2) is 35.1 Å². The van der Waals surface area contributed by atoms with Crippen molar-refractivity contribution in [2.75, 3.05) is 23.3 Å². The quantitative estimate of drug-likeness (QED) is 0.676. The number of pyridine rings is 1. The van der Waals surface area contributed by atoms with Crippen LogP contribution in [0.25, 0.3) is 0 Å². The van der Waals surface area contributed by atoms with Crippen molar-refractivity contribution in [2.24, 2.45) is 0 Å². The normalized spacial score (nSPS) is 14.9. The molecule has 2 N–H and O–H groups in total. The molecule has 2 amide bonds. The molecule has 0 bridgehead atoms. The maximum Gasteiger partial charge on any atom is 0.233 e. The molecule has 1 saturated heterocycles. The van der Waals surface area contributed by atoms with Crippen LogP contribution in [0, 0.1) is 0 Å². The number of nitrogens with zero attached hydrogens (tertiary/aromatic N) is 2. The summed E-state index contributed by atoms with van der Waals surface area (Å²) in [6, 6.07) is 11.5. The number of piperidine rings is 1. The molecule has 2 aromatic rings. The van der Waals surface area contributed by atoms with Crippen LogP contribution in [0.15, 0.2) is 47.5 Å². The molecule has 0 spiro atoms. The van der Waals surface area contributed by atoms with Gasteiger partial charge in [0.05, 0.1) is 5.25 Å². The Kier molecular flexibility index (Phi) is 7.52. The van der Waals surface area contributed by atoms with E-state index < -0.39 is 0 Å². The van der Waals surface area contributed by atoms with Crippen molar-refractivity contribution in [1.29, 1.82) is 0 Å². The summed E-state index contributed by atoms with van der Waals surface area (Å²) in [6.07, 6.45) is 5.47. The van der Waals surface area contributed by atoms with Gasteiger partial charge in [0.15, 0.2) is 0 Å². The Labute approximate surface area is 176 Å².